The molecule has 2 aromatic heterocycles. The number of ether oxygens (including phenoxy) is 1. The van der Waals surface area contributed by atoms with Crippen molar-refractivity contribution < 1.29 is 4.74 Å². The maximum Gasteiger partial charge on any atom is 0.136 e. The molecule has 5 heteroatoms. The minimum atomic E-state index is 0.658. The number of methoxy groups -OCH3 is 1. The predicted octanol–water partition coefficient (Wildman–Crippen LogP) is 3.64. The van der Waals surface area contributed by atoms with Crippen molar-refractivity contribution in [3.63, 3.8) is 0 Å². The molecule has 0 atom stereocenters. The summed E-state index contributed by atoms with van der Waals surface area (Å²) < 4.78 is 5.57. The molecule has 4 aromatic rings. The molecule has 2 heterocycles. The fraction of sp³-hybridized carbons (Fsp3) is 0.211. The maximum atomic E-state index is 5.62. The standard InChI is InChI=1S/C19H20N4O/c1-24-15-9-4-8-14-17(15)18-16(19(23-14)21-11-5-10-20)12-6-2-3-7-13(12)22-18/h2-4,6-9,22H,5,10-11,20H2,1H3,(H,21,23). The number of benzene rings is 2. The third kappa shape index (κ3) is 2.25. The van der Waals surface area contributed by atoms with Crippen molar-refractivity contribution in [3.05, 3.63) is 42.5 Å². The van der Waals surface area contributed by atoms with E-state index < -0.39 is 0 Å². The van der Waals surface area contributed by atoms with Crippen LogP contribution < -0.4 is 15.8 Å². The van der Waals surface area contributed by atoms with E-state index in [1.165, 1.54) is 0 Å². The highest BCUT2D eigenvalue weighted by molar-refractivity contribution is 6.21. The van der Waals surface area contributed by atoms with Crippen LogP contribution in [0.2, 0.25) is 0 Å². The number of pyridine rings is 1. The zero-order valence-electron chi connectivity index (χ0n) is 13.6. The van der Waals surface area contributed by atoms with Crippen molar-refractivity contribution in [1.29, 1.82) is 0 Å². The number of nitrogens with two attached hydrogens (primary N) is 1. The van der Waals surface area contributed by atoms with Crippen LogP contribution >= 0.6 is 0 Å². The van der Waals surface area contributed by atoms with Gasteiger partial charge in [0.05, 0.1) is 28.9 Å². The smallest absolute Gasteiger partial charge is 0.136 e. The van der Waals surface area contributed by atoms with E-state index in [0.29, 0.717) is 6.54 Å². The predicted molar refractivity (Wildman–Crippen MR) is 99.8 cm³/mol. The van der Waals surface area contributed by atoms with Crippen LogP contribution in [0.15, 0.2) is 42.5 Å². The molecule has 2 aromatic carbocycles. The Labute approximate surface area is 139 Å². The van der Waals surface area contributed by atoms with E-state index in [9.17, 15) is 0 Å². The summed E-state index contributed by atoms with van der Waals surface area (Å²) in [5.74, 6) is 1.71. The lowest BCUT2D eigenvalue weighted by atomic mass is 10.1. The number of nitrogens with zero attached hydrogens (tertiary/aromatic N) is 1. The zero-order valence-corrected chi connectivity index (χ0v) is 13.6. The van der Waals surface area contributed by atoms with Crippen LogP contribution in [0.4, 0.5) is 5.82 Å². The van der Waals surface area contributed by atoms with Gasteiger partial charge in [-0.1, -0.05) is 24.3 Å². The van der Waals surface area contributed by atoms with Crippen LogP contribution in [0.25, 0.3) is 32.7 Å². The van der Waals surface area contributed by atoms with Crippen LogP contribution in [0.1, 0.15) is 6.42 Å². The van der Waals surface area contributed by atoms with Crippen molar-refractivity contribution in [2.75, 3.05) is 25.5 Å². The number of rotatable bonds is 5. The Kier molecular flexibility index (Phi) is 3.70. The Bertz CT molecular complexity index is 1020. The summed E-state index contributed by atoms with van der Waals surface area (Å²) in [5, 5.41) is 6.71. The molecule has 0 unspecified atom stereocenters. The van der Waals surface area contributed by atoms with Crippen LogP contribution in [0.3, 0.4) is 0 Å². The Morgan fingerprint density at radius 3 is 2.83 bits per heavy atom. The van der Waals surface area contributed by atoms with Gasteiger partial charge >= 0.3 is 0 Å². The largest absolute Gasteiger partial charge is 0.496 e. The molecule has 24 heavy (non-hydrogen) atoms. The summed E-state index contributed by atoms with van der Waals surface area (Å²) in [6.45, 7) is 1.46. The lowest BCUT2D eigenvalue weighted by molar-refractivity contribution is 0.420. The van der Waals surface area contributed by atoms with E-state index in [1.807, 2.05) is 30.3 Å². The number of para-hydroxylation sites is 1. The molecule has 5 nitrogen and oxygen atoms in total. The number of aromatic nitrogens is 2. The number of nitrogens with one attached hydrogen (secondary N) is 2. The SMILES string of the molecule is COc1cccc2nc(NCCCN)c3c4ccccc4[nH]c3c12. The van der Waals surface area contributed by atoms with Gasteiger partial charge in [0, 0.05) is 17.4 Å². The number of anilines is 1. The average Bonchev–Trinajstić information content (AvgIpc) is 3.01. The number of H-pyrrole nitrogens is 1. The van der Waals surface area contributed by atoms with Gasteiger partial charge in [0.25, 0.3) is 0 Å². The van der Waals surface area contributed by atoms with Crippen LogP contribution in [0, 0.1) is 0 Å². The molecule has 0 fully saturated rings. The quantitative estimate of drug-likeness (QED) is 0.491. The van der Waals surface area contributed by atoms with Gasteiger partial charge < -0.3 is 20.8 Å². The van der Waals surface area contributed by atoms with Crippen molar-refractivity contribution in [2.45, 2.75) is 6.42 Å². The van der Waals surface area contributed by atoms with E-state index in [2.05, 4.69) is 22.4 Å². The van der Waals surface area contributed by atoms with E-state index >= 15 is 0 Å². The topological polar surface area (TPSA) is 76.0 Å². The molecule has 122 valence electrons. The first kappa shape index (κ1) is 14.8. The summed E-state index contributed by atoms with van der Waals surface area (Å²) in [4.78, 5) is 8.40. The first-order valence-electron chi connectivity index (χ1n) is 8.14. The third-order valence-electron chi connectivity index (χ3n) is 4.32. The molecular weight excluding hydrogens is 300 g/mol. The maximum absolute atomic E-state index is 5.62. The summed E-state index contributed by atoms with van der Waals surface area (Å²) in [5.41, 5.74) is 8.67. The summed E-state index contributed by atoms with van der Waals surface area (Å²) in [6.07, 6.45) is 0.904. The average molecular weight is 320 g/mol. The Morgan fingerprint density at radius 1 is 1.12 bits per heavy atom. The van der Waals surface area contributed by atoms with Crippen molar-refractivity contribution in [2.24, 2.45) is 5.73 Å². The normalized spacial score (nSPS) is 11.4. The van der Waals surface area contributed by atoms with Gasteiger partial charge in [-0.2, -0.15) is 0 Å². The summed E-state index contributed by atoms with van der Waals surface area (Å²) >= 11 is 0. The van der Waals surface area contributed by atoms with Gasteiger partial charge in [-0.25, -0.2) is 4.98 Å². The molecule has 0 aliphatic rings. The molecule has 0 aliphatic carbocycles. The van der Waals surface area contributed by atoms with Gasteiger partial charge in [0.1, 0.15) is 11.6 Å². The van der Waals surface area contributed by atoms with E-state index in [1.54, 1.807) is 7.11 Å². The zero-order chi connectivity index (χ0) is 16.5. The first-order chi connectivity index (χ1) is 11.8. The summed E-state index contributed by atoms with van der Waals surface area (Å²) in [7, 11) is 1.69. The van der Waals surface area contributed by atoms with Crippen LogP contribution in [-0.2, 0) is 0 Å². The van der Waals surface area contributed by atoms with Gasteiger partial charge in [-0.05, 0) is 31.2 Å². The van der Waals surface area contributed by atoms with Crippen LogP contribution in [-0.4, -0.2) is 30.2 Å². The molecule has 0 amide bonds. The molecule has 0 spiro atoms. The third-order valence-corrected chi connectivity index (χ3v) is 4.32. The molecule has 4 N–H and O–H groups in total. The van der Waals surface area contributed by atoms with E-state index in [4.69, 9.17) is 15.5 Å². The summed E-state index contributed by atoms with van der Waals surface area (Å²) in [6, 6.07) is 14.2. The van der Waals surface area contributed by atoms with Gasteiger partial charge in [-0.15, -0.1) is 0 Å². The first-order valence-corrected chi connectivity index (χ1v) is 8.14. The molecule has 0 saturated heterocycles. The molecule has 0 radical (unpaired) electrons. The van der Waals surface area contributed by atoms with E-state index in [0.717, 1.165) is 57.2 Å². The highest BCUT2D eigenvalue weighted by Gasteiger charge is 2.16. The van der Waals surface area contributed by atoms with Gasteiger partial charge in [0.2, 0.25) is 0 Å². The lowest BCUT2D eigenvalue weighted by Gasteiger charge is -2.11. The fourth-order valence-electron chi connectivity index (χ4n) is 3.22. The second kappa shape index (κ2) is 6.02. The van der Waals surface area contributed by atoms with Gasteiger partial charge in [-0.3, -0.25) is 0 Å². The molecule has 0 saturated carbocycles. The number of aromatic amines is 1. The van der Waals surface area contributed by atoms with Crippen LogP contribution in [0.5, 0.6) is 5.75 Å². The fourth-order valence-corrected chi connectivity index (χ4v) is 3.22. The minimum Gasteiger partial charge on any atom is -0.496 e. The number of fused-ring (bicyclic) bond motifs is 5. The molecule has 0 bridgehead atoms. The van der Waals surface area contributed by atoms with Crippen molar-refractivity contribution >= 4 is 38.5 Å². The Balaban J connectivity index is 2.09. The second-order valence-corrected chi connectivity index (χ2v) is 5.80. The Morgan fingerprint density at radius 2 is 2.00 bits per heavy atom. The van der Waals surface area contributed by atoms with E-state index in [-0.39, 0.29) is 0 Å². The second-order valence-electron chi connectivity index (χ2n) is 5.80. The number of hydrogen-bond acceptors (Lipinski definition) is 4. The van der Waals surface area contributed by atoms with Gasteiger partial charge in [0.15, 0.2) is 0 Å². The minimum absolute atomic E-state index is 0.658. The monoisotopic (exact) mass is 320 g/mol. The highest BCUT2D eigenvalue weighted by Crippen LogP contribution is 2.38. The molecular formula is C19H20N4O. The highest BCUT2D eigenvalue weighted by atomic mass is 16.5. The van der Waals surface area contributed by atoms with Crippen molar-refractivity contribution in [3.8, 4) is 5.75 Å². The molecule has 0 aliphatic heterocycles. The lowest BCUT2D eigenvalue weighted by Crippen LogP contribution is -2.09. The van der Waals surface area contributed by atoms with Crippen molar-refractivity contribution in [1.82, 2.24) is 9.97 Å². The molecule has 4 rings (SSSR count). The number of hydrogen-bond donors (Lipinski definition) is 3. The Hall–Kier alpha value is -2.79.